The Morgan fingerprint density at radius 1 is 1.04 bits per heavy atom. The zero-order valence-corrected chi connectivity index (χ0v) is 13.9. The van der Waals surface area contributed by atoms with Crippen molar-refractivity contribution >= 4 is 34.1 Å². The van der Waals surface area contributed by atoms with Gasteiger partial charge in [0.2, 0.25) is 5.91 Å². The highest BCUT2D eigenvalue weighted by atomic mass is 35.5. The maximum Gasteiger partial charge on any atom is 0.222 e. The fourth-order valence-corrected chi connectivity index (χ4v) is 2.57. The van der Waals surface area contributed by atoms with Gasteiger partial charge in [0.25, 0.3) is 0 Å². The number of halogens is 1. The molecule has 0 aliphatic carbocycles. The molecule has 4 nitrogen and oxygen atoms in total. The second-order valence-corrected chi connectivity index (χ2v) is 5.90. The average Bonchev–Trinajstić information content (AvgIpc) is 2.61. The highest BCUT2D eigenvalue weighted by Crippen LogP contribution is 2.20. The van der Waals surface area contributed by atoms with Crippen molar-refractivity contribution in [1.82, 2.24) is 10.3 Å². The Balaban J connectivity index is 1.48. The van der Waals surface area contributed by atoms with Crippen LogP contribution in [0.4, 0.5) is 5.69 Å². The normalized spacial score (nSPS) is 10.5. The Kier molecular flexibility index (Phi) is 5.29. The van der Waals surface area contributed by atoms with Crippen LogP contribution in [0.2, 0.25) is 5.02 Å². The molecule has 122 valence electrons. The van der Waals surface area contributed by atoms with Gasteiger partial charge in [0, 0.05) is 36.1 Å². The lowest BCUT2D eigenvalue weighted by Gasteiger charge is -2.09. The number of hydrogen-bond acceptors (Lipinski definition) is 3. The molecule has 3 rings (SSSR count). The van der Waals surface area contributed by atoms with E-state index in [4.69, 9.17) is 11.6 Å². The van der Waals surface area contributed by atoms with E-state index in [0.717, 1.165) is 22.2 Å². The molecule has 0 saturated carbocycles. The van der Waals surface area contributed by atoms with Gasteiger partial charge in [-0.05, 0) is 29.8 Å². The van der Waals surface area contributed by atoms with Gasteiger partial charge in [-0.15, -0.1) is 0 Å². The molecule has 0 unspecified atom stereocenters. The summed E-state index contributed by atoms with van der Waals surface area (Å²) in [7, 11) is 0. The van der Waals surface area contributed by atoms with Crippen molar-refractivity contribution in [3.8, 4) is 0 Å². The number of nitrogens with one attached hydrogen (secondary N) is 2. The number of aromatic nitrogens is 1. The van der Waals surface area contributed by atoms with Gasteiger partial charge in [-0.3, -0.25) is 9.78 Å². The Labute approximate surface area is 145 Å². The van der Waals surface area contributed by atoms with Gasteiger partial charge in [-0.25, -0.2) is 0 Å². The molecule has 0 radical (unpaired) electrons. The molecule has 24 heavy (non-hydrogen) atoms. The summed E-state index contributed by atoms with van der Waals surface area (Å²) in [5.41, 5.74) is 2.89. The fraction of sp³-hybridized carbons (Fsp3) is 0.158. The third kappa shape index (κ3) is 4.24. The topological polar surface area (TPSA) is 54.0 Å². The lowest BCUT2D eigenvalue weighted by atomic mass is 10.2. The predicted molar refractivity (Wildman–Crippen MR) is 98.1 cm³/mol. The highest BCUT2D eigenvalue weighted by molar-refractivity contribution is 6.30. The van der Waals surface area contributed by atoms with Gasteiger partial charge in [0.05, 0.1) is 11.2 Å². The van der Waals surface area contributed by atoms with Gasteiger partial charge in [-0.1, -0.05) is 41.9 Å². The molecule has 1 aromatic heterocycles. The van der Waals surface area contributed by atoms with E-state index in [-0.39, 0.29) is 5.91 Å². The van der Waals surface area contributed by atoms with E-state index in [0.29, 0.717) is 24.5 Å². The summed E-state index contributed by atoms with van der Waals surface area (Å²) in [4.78, 5) is 16.3. The molecule has 0 atom stereocenters. The lowest BCUT2D eigenvalue weighted by Crippen LogP contribution is -2.24. The smallest absolute Gasteiger partial charge is 0.222 e. The number of para-hydroxylation sites is 1. The summed E-state index contributed by atoms with van der Waals surface area (Å²) in [6.45, 7) is 1.06. The molecule has 0 aliphatic rings. The SMILES string of the molecule is O=C(CCNc1cccc2cccnc12)NCc1ccc(Cl)cc1. The van der Waals surface area contributed by atoms with E-state index in [1.165, 1.54) is 0 Å². The van der Waals surface area contributed by atoms with Crippen LogP contribution in [-0.2, 0) is 11.3 Å². The molecule has 5 heteroatoms. The first-order valence-electron chi connectivity index (χ1n) is 7.81. The monoisotopic (exact) mass is 339 g/mol. The summed E-state index contributed by atoms with van der Waals surface area (Å²) in [6, 6.07) is 17.4. The second-order valence-electron chi connectivity index (χ2n) is 5.46. The molecule has 2 aromatic carbocycles. The molecule has 0 saturated heterocycles. The maximum atomic E-state index is 11.9. The number of carbonyl (C=O) groups excluding carboxylic acids is 1. The van der Waals surface area contributed by atoms with Crippen LogP contribution in [0.3, 0.4) is 0 Å². The van der Waals surface area contributed by atoms with Gasteiger partial charge < -0.3 is 10.6 Å². The summed E-state index contributed by atoms with van der Waals surface area (Å²) < 4.78 is 0. The van der Waals surface area contributed by atoms with Crippen molar-refractivity contribution in [2.45, 2.75) is 13.0 Å². The van der Waals surface area contributed by atoms with E-state index >= 15 is 0 Å². The Bertz CT molecular complexity index is 828. The predicted octanol–water partition coefficient (Wildman–Crippen LogP) is 4.01. The minimum absolute atomic E-state index is 0.00523. The van der Waals surface area contributed by atoms with Crippen LogP contribution in [-0.4, -0.2) is 17.4 Å². The van der Waals surface area contributed by atoms with Crippen LogP contribution in [0.1, 0.15) is 12.0 Å². The standard InChI is InChI=1S/C19H18ClN3O/c20-16-8-6-14(7-9-16)13-23-18(24)10-12-21-17-5-1-3-15-4-2-11-22-19(15)17/h1-9,11,21H,10,12-13H2,(H,23,24). The van der Waals surface area contributed by atoms with E-state index in [1.807, 2.05) is 54.6 Å². The number of nitrogens with zero attached hydrogens (tertiary/aromatic N) is 1. The third-order valence-corrected chi connectivity index (χ3v) is 3.96. The van der Waals surface area contributed by atoms with Crippen LogP contribution in [0.25, 0.3) is 10.9 Å². The van der Waals surface area contributed by atoms with Gasteiger partial charge in [0.1, 0.15) is 0 Å². The number of hydrogen-bond donors (Lipinski definition) is 2. The second kappa shape index (κ2) is 7.79. The average molecular weight is 340 g/mol. The number of rotatable bonds is 6. The van der Waals surface area contributed by atoms with Crippen molar-refractivity contribution in [3.05, 3.63) is 71.4 Å². The van der Waals surface area contributed by atoms with Crippen LogP contribution in [0.5, 0.6) is 0 Å². The Hall–Kier alpha value is -2.59. The van der Waals surface area contributed by atoms with E-state index in [2.05, 4.69) is 15.6 Å². The van der Waals surface area contributed by atoms with E-state index < -0.39 is 0 Å². The zero-order valence-electron chi connectivity index (χ0n) is 13.1. The first-order valence-corrected chi connectivity index (χ1v) is 8.19. The highest BCUT2D eigenvalue weighted by Gasteiger charge is 2.04. The fourth-order valence-electron chi connectivity index (χ4n) is 2.45. The van der Waals surface area contributed by atoms with Crippen LogP contribution < -0.4 is 10.6 Å². The molecule has 1 heterocycles. The Morgan fingerprint density at radius 3 is 2.67 bits per heavy atom. The largest absolute Gasteiger partial charge is 0.383 e. The number of carbonyl (C=O) groups is 1. The first kappa shape index (κ1) is 16.3. The van der Waals surface area contributed by atoms with Crippen molar-refractivity contribution < 1.29 is 4.79 Å². The molecule has 1 amide bonds. The van der Waals surface area contributed by atoms with Crippen molar-refractivity contribution in [2.24, 2.45) is 0 Å². The van der Waals surface area contributed by atoms with Crippen molar-refractivity contribution in [2.75, 3.05) is 11.9 Å². The molecule has 0 aliphatic heterocycles. The molecular formula is C19H18ClN3O. The van der Waals surface area contributed by atoms with Crippen LogP contribution in [0.15, 0.2) is 60.8 Å². The van der Waals surface area contributed by atoms with Gasteiger partial charge >= 0.3 is 0 Å². The van der Waals surface area contributed by atoms with Gasteiger partial charge in [0.15, 0.2) is 0 Å². The number of pyridine rings is 1. The zero-order chi connectivity index (χ0) is 16.8. The van der Waals surface area contributed by atoms with E-state index in [9.17, 15) is 4.79 Å². The molecule has 3 aromatic rings. The van der Waals surface area contributed by atoms with Gasteiger partial charge in [-0.2, -0.15) is 0 Å². The molecule has 0 spiro atoms. The number of benzene rings is 2. The van der Waals surface area contributed by atoms with Crippen molar-refractivity contribution in [3.63, 3.8) is 0 Å². The minimum atomic E-state index is 0.00523. The quantitative estimate of drug-likeness (QED) is 0.713. The maximum absolute atomic E-state index is 11.9. The molecular weight excluding hydrogens is 322 g/mol. The summed E-state index contributed by atoms with van der Waals surface area (Å²) in [5, 5.41) is 7.96. The summed E-state index contributed by atoms with van der Waals surface area (Å²) in [5.74, 6) is 0.00523. The third-order valence-electron chi connectivity index (χ3n) is 3.70. The number of amides is 1. The molecule has 0 bridgehead atoms. The van der Waals surface area contributed by atoms with Crippen LogP contribution >= 0.6 is 11.6 Å². The van der Waals surface area contributed by atoms with Crippen LogP contribution in [0, 0.1) is 0 Å². The molecule has 0 fully saturated rings. The number of anilines is 1. The van der Waals surface area contributed by atoms with E-state index in [1.54, 1.807) is 6.20 Å². The molecule has 2 N–H and O–H groups in total. The summed E-state index contributed by atoms with van der Waals surface area (Å²) in [6.07, 6.45) is 2.17. The first-order chi connectivity index (χ1) is 11.7. The number of fused-ring (bicyclic) bond motifs is 1. The Morgan fingerprint density at radius 2 is 1.83 bits per heavy atom. The van der Waals surface area contributed by atoms with Crippen molar-refractivity contribution in [1.29, 1.82) is 0 Å². The summed E-state index contributed by atoms with van der Waals surface area (Å²) >= 11 is 5.84. The lowest BCUT2D eigenvalue weighted by molar-refractivity contribution is -0.121. The minimum Gasteiger partial charge on any atom is -0.383 e.